The molecule has 0 unspecified atom stereocenters. The first-order valence-electron chi connectivity index (χ1n) is 5.54. The van der Waals surface area contributed by atoms with Gasteiger partial charge in [0.05, 0.1) is 12.8 Å². The molecule has 22 heavy (non-hydrogen) atoms. The van der Waals surface area contributed by atoms with Crippen LogP contribution < -0.4 is 28.7 Å². The van der Waals surface area contributed by atoms with Crippen LogP contribution in [0.2, 0.25) is 0 Å². The van der Waals surface area contributed by atoms with Crippen molar-refractivity contribution in [3.05, 3.63) is 30.1 Å². The van der Waals surface area contributed by atoms with E-state index in [1.165, 1.54) is 6.92 Å². The summed E-state index contributed by atoms with van der Waals surface area (Å²) in [5.74, 6) is -4.16. The van der Waals surface area contributed by atoms with Crippen LogP contribution in [0.15, 0.2) is 24.5 Å². The molecule has 0 saturated carbocycles. The SMILES string of the molecule is CCOC(=O)C(=O)C=C([O-])c1cncc(OC(F)(F)F)c1.[Li+]. The number of alkyl halides is 3. The van der Waals surface area contributed by atoms with E-state index in [1.54, 1.807) is 0 Å². The molecule has 0 spiro atoms. The molecule has 6 nitrogen and oxygen atoms in total. The fraction of sp³-hybridized carbons (Fsp3) is 0.250. The molecule has 0 aliphatic carbocycles. The van der Waals surface area contributed by atoms with Crippen molar-refractivity contribution in [2.45, 2.75) is 13.3 Å². The molecule has 1 rings (SSSR count). The van der Waals surface area contributed by atoms with E-state index < -0.39 is 29.6 Å². The van der Waals surface area contributed by atoms with Crippen molar-refractivity contribution < 1.29 is 56.2 Å². The Morgan fingerprint density at radius 3 is 2.55 bits per heavy atom. The molecule has 1 aromatic rings. The van der Waals surface area contributed by atoms with Crippen molar-refractivity contribution in [2.24, 2.45) is 0 Å². The number of aromatic nitrogens is 1. The first kappa shape index (κ1) is 20.0. The summed E-state index contributed by atoms with van der Waals surface area (Å²) in [6, 6.07) is 0.748. The third-order valence-electron chi connectivity index (χ3n) is 1.97. The summed E-state index contributed by atoms with van der Waals surface area (Å²) in [4.78, 5) is 25.7. The van der Waals surface area contributed by atoms with Crippen LogP contribution in [0.4, 0.5) is 13.2 Å². The second-order valence-corrected chi connectivity index (χ2v) is 3.55. The summed E-state index contributed by atoms with van der Waals surface area (Å²) in [7, 11) is 0. The third-order valence-corrected chi connectivity index (χ3v) is 1.97. The summed E-state index contributed by atoms with van der Waals surface area (Å²) in [6.45, 7) is 1.41. The first-order valence-corrected chi connectivity index (χ1v) is 5.54. The standard InChI is InChI=1S/C12H10F3NO5.Li/c1-2-20-11(19)10(18)4-9(17)7-3-8(6-16-5-7)21-12(13,14)15;/h3-6,17H,2H2,1H3;/q;+1/p-1. The van der Waals surface area contributed by atoms with Crippen LogP contribution >= 0.6 is 0 Å². The molecule has 0 saturated heterocycles. The Hall–Kier alpha value is -1.98. The fourth-order valence-corrected chi connectivity index (χ4v) is 1.21. The average Bonchev–Trinajstić information content (AvgIpc) is 2.37. The Bertz CT molecular complexity index is 574. The fourth-order valence-electron chi connectivity index (χ4n) is 1.21. The molecule has 10 heteroatoms. The molecule has 1 aromatic heterocycles. The first-order chi connectivity index (χ1) is 9.73. The Labute approximate surface area is 135 Å². The Kier molecular flexibility index (Phi) is 7.70. The maximum absolute atomic E-state index is 12.0. The Morgan fingerprint density at radius 2 is 2.00 bits per heavy atom. The Balaban J connectivity index is 0.00000441. The van der Waals surface area contributed by atoms with E-state index in [2.05, 4.69) is 14.5 Å². The van der Waals surface area contributed by atoms with Crippen LogP contribution in [0.25, 0.3) is 5.76 Å². The van der Waals surface area contributed by atoms with Crippen LogP contribution in [-0.2, 0) is 14.3 Å². The average molecular weight is 311 g/mol. The molecule has 114 valence electrons. The summed E-state index contributed by atoms with van der Waals surface area (Å²) >= 11 is 0. The largest absolute Gasteiger partial charge is 1.00 e. The molecule has 0 amide bonds. The predicted octanol–water partition coefficient (Wildman–Crippen LogP) is -2.18. The third kappa shape index (κ3) is 6.65. The normalized spacial score (nSPS) is 11.4. The van der Waals surface area contributed by atoms with Gasteiger partial charge in [0.1, 0.15) is 5.75 Å². The van der Waals surface area contributed by atoms with Gasteiger partial charge in [0.2, 0.25) is 0 Å². The molecule has 0 atom stereocenters. The number of ether oxygens (including phenoxy) is 2. The zero-order chi connectivity index (χ0) is 16.0. The minimum Gasteiger partial charge on any atom is -0.872 e. The minimum atomic E-state index is -4.94. The molecule has 1 heterocycles. The molecule has 0 aromatic carbocycles. The van der Waals surface area contributed by atoms with E-state index in [0.717, 1.165) is 18.5 Å². The van der Waals surface area contributed by atoms with Crippen molar-refractivity contribution in [2.75, 3.05) is 6.61 Å². The molecule has 0 N–H and O–H groups in total. The number of pyridine rings is 1. The predicted molar refractivity (Wildman–Crippen MR) is 60.5 cm³/mol. The quantitative estimate of drug-likeness (QED) is 0.202. The van der Waals surface area contributed by atoms with Gasteiger partial charge in [0.15, 0.2) is 0 Å². The van der Waals surface area contributed by atoms with Crippen molar-refractivity contribution in [3.8, 4) is 5.75 Å². The van der Waals surface area contributed by atoms with Gasteiger partial charge in [0, 0.05) is 6.20 Å². The smallest absolute Gasteiger partial charge is 0.872 e. The number of hydrogen-bond donors (Lipinski definition) is 0. The maximum atomic E-state index is 12.0. The summed E-state index contributed by atoms with van der Waals surface area (Å²) in [5, 5.41) is 11.6. The van der Waals surface area contributed by atoms with Crippen molar-refractivity contribution in [1.29, 1.82) is 0 Å². The zero-order valence-electron chi connectivity index (χ0n) is 11.6. The molecular formula is C12H9F3LiNO5. The van der Waals surface area contributed by atoms with E-state index in [1.807, 2.05) is 0 Å². The summed E-state index contributed by atoms with van der Waals surface area (Å²) in [5.41, 5.74) is -0.339. The second-order valence-electron chi connectivity index (χ2n) is 3.55. The number of halogens is 3. The molecule has 0 aliphatic rings. The Morgan fingerprint density at radius 1 is 1.36 bits per heavy atom. The van der Waals surface area contributed by atoms with Crippen molar-refractivity contribution in [1.82, 2.24) is 4.98 Å². The monoisotopic (exact) mass is 311 g/mol. The van der Waals surface area contributed by atoms with Crippen molar-refractivity contribution in [3.63, 3.8) is 0 Å². The summed E-state index contributed by atoms with van der Waals surface area (Å²) in [6.07, 6.45) is -2.85. The molecular weight excluding hydrogens is 302 g/mol. The van der Waals surface area contributed by atoms with Crippen LogP contribution in [0, 0.1) is 0 Å². The van der Waals surface area contributed by atoms with Gasteiger partial charge in [-0.1, -0.05) is 5.76 Å². The van der Waals surface area contributed by atoms with Gasteiger partial charge >= 0.3 is 31.2 Å². The van der Waals surface area contributed by atoms with Gasteiger partial charge in [-0.3, -0.25) is 9.78 Å². The number of hydrogen-bond acceptors (Lipinski definition) is 6. The van der Waals surface area contributed by atoms with E-state index in [4.69, 9.17) is 0 Å². The summed E-state index contributed by atoms with van der Waals surface area (Å²) < 4.78 is 44.0. The van der Waals surface area contributed by atoms with Crippen LogP contribution in [0.3, 0.4) is 0 Å². The van der Waals surface area contributed by atoms with Gasteiger partial charge in [-0.15, -0.1) is 13.2 Å². The zero-order valence-corrected chi connectivity index (χ0v) is 11.6. The van der Waals surface area contributed by atoms with Gasteiger partial charge in [-0.05, 0) is 24.6 Å². The van der Waals surface area contributed by atoms with E-state index in [9.17, 15) is 27.9 Å². The van der Waals surface area contributed by atoms with Gasteiger partial charge < -0.3 is 14.6 Å². The second kappa shape index (κ2) is 8.46. The van der Waals surface area contributed by atoms with Crippen molar-refractivity contribution >= 4 is 17.5 Å². The number of carbonyl (C=O) groups excluding carboxylic acids is 2. The van der Waals surface area contributed by atoms with Crippen LogP contribution in [-0.4, -0.2) is 29.7 Å². The number of carbonyl (C=O) groups is 2. The molecule has 0 fully saturated rings. The maximum Gasteiger partial charge on any atom is 1.00 e. The molecule has 0 radical (unpaired) electrons. The van der Waals surface area contributed by atoms with Gasteiger partial charge in [-0.25, -0.2) is 4.79 Å². The number of ketones is 1. The van der Waals surface area contributed by atoms with Crippen LogP contribution in [0.5, 0.6) is 5.75 Å². The van der Waals surface area contributed by atoms with E-state index >= 15 is 0 Å². The van der Waals surface area contributed by atoms with Gasteiger partial charge in [-0.2, -0.15) is 0 Å². The molecule has 0 aliphatic heterocycles. The minimum absolute atomic E-state index is 0. The van der Waals surface area contributed by atoms with E-state index in [-0.39, 0.29) is 31.0 Å². The number of nitrogens with zero attached hydrogens (tertiary/aromatic N) is 1. The van der Waals surface area contributed by atoms with Crippen LogP contribution in [0.1, 0.15) is 12.5 Å². The topological polar surface area (TPSA) is 88.6 Å². The number of esters is 1. The van der Waals surface area contributed by atoms with E-state index in [0.29, 0.717) is 6.08 Å². The molecule has 0 bridgehead atoms. The number of rotatable bonds is 5. The van der Waals surface area contributed by atoms with Gasteiger partial charge in [0.25, 0.3) is 5.78 Å².